The van der Waals surface area contributed by atoms with Crippen LogP contribution in [0, 0.1) is 5.92 Å². The van der Waals surface area contributed by atoms with E-state index in [0.29, 0.717) is 6.42 Å². The van der Waals surface area contributed by atoms with Gasteiger partial charge in [-0.3, -0.25) is 4.79 Å². The highest BCUT2D eigenvalue weighted by Gasteiger charge is 2.23. The zero-order valence-corrected chi connectivity index (χ0v) is 10.4. The first-order chi connectivity index (χ1) is 7.13. The van der Waals surface area contributed by atoms with Gasteiger partial charge in [0.1, 0.15) is 6.04 Å². The number of carbonyl (C=O) groups excluding carboxylic acids is 1. The lowest BCUT2D eigenvalue weighted by Crippen LogP contribution is -2.45. The van der Waals surface area contributed by atoms with Gasteiger partial charge in [0.25, 0.3) is 0 Å². The molecule has 1 atom stereocenters. The molecule has 0 aliphatic rings. The van der Waals surface area contributed by atoms with E-state index in [0.717, 1.165) is 0 Å². The summed E-state index contributed by atoms with van der Waals surface area (Å²) < 4.78 is 0. The molecule has 0 radical (unpaired) electrons. The fourth-order valence-corrected chi connectivity index (χ4v) is 1.19. The van der Waals surface area contributed by atoms with Gasteiger partial charge in [0.15, 0.2) is 0 Å². The van der Waals surface area contributed by atoms with E-state index in [1.54, 1.807) is 13.8 Å². The highest BCUT2D eigenvalue weighted by molar-refractivity contribution is 5.83. The predicted octanol–water partition coefficient (Wildman–Crippen LogP) is 0.729. The summed E-state index contributed by atoms with van der Waals surface area (Å²) in [5.41, 5.74) is 5.33. The largest absolute Gasteiger partial charge is 0.480 e. The number of rotatable bonds is 6. The number of amides is 1. The quantitative estimate of drug-likeness (QED) is 0.627. The van der Waals surface area contributed by atoms with Crippen molar-refractivity contribution in [3.05, 3.63) is 0 Å². The minimum Gasteiger partial charge on any atom is -0.480 e. The van der Waals surface area contributed by atoms with E-state index in [-0.39, 0.29) is 18.2 Å². The highest BCUT2D eigenvalue weighted by Crippen LogP contribution is 2.08. The Balaban J connectivity index is 4.17. The summed E-state index contributed by atoms with van der Waals surface area (Å²) in [6, 6.07) is -0.826. The van der Waals surface area contributed by atoms with Crippen molar-refractivity contribution in [3.8, 4) is 0 Å². The summed E-state index contributed by atoms with van der Waals surface area (Å²) in [6.45, 7) is 7.17. The van der Waals surface area contributed by atoms with Gasteiger partial charge in [0.05, 0.1) is 0 Å². The van der Waals surface area contributed by atoms with Gasteiger partial charge in [-0.05, 0) is 26.2 Å². The van der Waals surface area contributed by atoms with Gasteiger partial charge >= 0.3 is 5.97 Å². The molecule has 0 aromatic rings. The van der Waals surface area contributed by atoms with Gasteiger partial charge in [-0.2, -0.15) is 0 Å². The molecule has 0 aromatic carbocycles. The first kappa shape index (κ1) is 14.9. The molecule has 0 aromatic heterocycles. The lowest BCUT2D eigenvalue weighted by molar-refractivity contribution is -0.143. The van der Waals surface area contributed by atoms with Crippen molar-refractivity contribution in [2.75, 3.05) is 0 Å². The predicted molar refractivity (Wildman–Crippen MR) is 61.9 cm³/mol. The number of carbonyl (C=O) groups is 2. The molecule has 0 saturated carbocycles. The van der Waals surface area contributed by atoms with E-state index in [2.05, 4.69) is 5.32 Å². The molecule has 0 bridgehead atoms. The second-order valence-electron chi connectivity index (χ2n) is 5.12. The summed E-state index contributed by atoms with van der Waals surface area (Å²) in [6.07, 6.45) is 0.781. The summed E-state index contributed by atoms with van der Waals surface area (Å²) in [5, 5.41) is 11.4. The third kappa shape index (κ3) is 6.40. The summed E-state index contributed by atoms with van der Waals surface area (Å²) in [4.78, 5) is 22.3. The highest BCUT2D eigenvalue weighted by atomic mass is 16.4. The van der Waals surface area contributed by atoms with Crippen LogP contribution in [0.25, 0.3) is 0 Å². The zero-order valence-electron chi connectivity index (χ0n) is 10.4. The van der Waals surface area contributed by atoms with E-state index in [1.165, 1.54) is 0 Å². The smallest absolute Gasteiger partial charge is 0.326 e. The van der Waals surface area contributed by atoms with Gasteiger partial charge in [-0.15, -0.1) is 0 Å². The molecule has 16 heavy (non-hydrogen) atoms. The van der Waals surface area contributed by atoms with Crippen molar-refractivity contribution in [2.45, 2.75) is 52.1 Å². The molecule has 94 valence electrons. The van der Waals surface area contributed by atoms with Gasteiger partial charge in [-0.1, -0.05) is 13.8 Å². The number of carboxylic acids is 1. The normalized spacial score (nSPS) is 13.6. The number of nitrogens with two attached hydrogens (primary N) is 1. The van der Waals surface area contributed by atoms with E-state index in [4.69, 9.17) is 10.8 Å². The van der Waals surface area contributed by atoms with Crippen LogP contribution in [0.15, 0.2) is 0 Å². The van der Waals surface area contributed by atoms with E-state index in [1.807, 2.05) is 13.8 Å². The van der Waals surface area contributed by atoms with Crippen molar-refractivity contribution >= 4 is 11.9 Å². The molecular weight excluding hydrogens is 208 g/mol. The van der Waals surface area contributed by atoms with Gasteiger partial charge < -0.3 is 16.2 Å². The summed E-state index contributed by atoms with van der Waals surface area (Å²) in [5.74, 6) is -1.40. The fourth-order valence-electron chi connectivity index (χ4n) is 1.19. The molecule has 0 aliphatic heterocycles. The van der Waals surface area contributed by atoms with Crippen LogP contribution >= 0.6 is 0 Å². The number of nitrogens with one attached hydrogen (secondary N) is 1. The molecule has 0 rings (SSSR count). The van der Waals surface area contributed by atoms with Crippen molar-refractivity contribution < 1.29 is 14.7 Å². The Morgan fingerprint density at radius 1 is 1.38 bits per heavy atom. The molecule has 5 heteroatoms. The summed E-state index contributed by atoms with van der Waals surface area (Å²) in [7, 11) is 0. The molecule has 0 unspecified atom stereocenters. The van der Waals surface area contributed by atoms with Crippen molar-refractivity contribution in [3.63, 3.8) is 0 Å². The molecule has 0 saturated heterocycles. The van der Waals surface area contributed by atoms with E-state index in [9.17, 15) is 9.59 Å². The number of hydrogen-bond acceptors (Lipinski definition) is 3. The van der Waals surface area contributed by atoms with Crippen LogP contribution in [0.2, 0.25) is 0 Å². The maximum absolute atomic E-state index is 11.5. The molecule has 0 heterocycles. The van der Waals surface area contributed by atoms with Crippen LogP contribution in [-0.4, -0.2) is 28.6 Å². The standard InChI is InChI=1S/C11H22N2O3/c1-7(2)9(10(15)16)13-8(14)5-6-11(3,4)12/h7,9H,5-6,12H2,1-4H3,(H,13,14)(H,15,16)/t9-/m1/s1. The first-order valence-electron chi connectivity index (χ1n) is 5.44. The zero-order chi connectivity index (χ0) is 12.9. The second-order valence-corrected chi connectivity index (χ2v) is 5.12. The number of carboxylic acid groups (broad SMARTS) is 1. The van der Waals surface area contributed by atoms with Crippen LogP contribution in [-0.2, 0) is 9.59 Å². The van der Waals surface area contributed by atoms with E-state index < -0.39 is 17.6 Å². The van der Waals surface area contributed by atoms with Crippen LogP contribution in [0.5, 0.6) is 0 Å². The minimum absolute atomic E-state index is 0.132. The monoisotopic (exact) mass is 230 g/mol. The lowest BCUT2D eigenvalue weighted by Gasteiger charge is -2.20. The van der Waals surface area contributed by atoms with Crippen molar-refractivity contribution in [2.24, 2.45) is 11.7 Å². The Labute approximate surface area is 96.4 Å². The van der Waals surface area contributed by atoms with Crippen molar-refractivity contribution in [1.29, 1.82) is 0 Å². The van der Waals surface area contributed by atoms with Gasteiger partial charge in [-0.25, -0.2) is 4.79 Å². The third-order valence-electron chi connectivity index (χ3n) is 2.25. The Hall–Kier alpha value is -1.10. The van der Waals surface area contributed by atoms with Crippen LogP contribution in [0.3, 0.4) is 0 Å². The minimum atomic E-state index is -1.00. The molecule has 0 fully saturated rings. The lowest BCUT2D eigenvalue weighted by atomic mass is 9.99. The number of aliphatic carboxylic acids is 1. The number of hydrogen-bond donors (Lipinski definition) is 3. The van der Waals surface area contributed by atoms with Gasteiger partial charge in [0.2, 0.25) is 5.91 Å². The van der Waals surface area contributed by atoms with Crippen LogP contribution < -0.4 is 11.1 Å². The topological polar surface area (TPSA) is 92.4 Å². The molecule has 0 aliphatic carbocycles. The first-order valence-corrected chi connectivity index (χ1v) is 5.44. The Bertz CT molecular complexity index is 256. The van der Waals surface area contributed by atoms with E-state index >= 15 is 0 Å². The Kier molecular flexibility index (Phi) is 5.44. The summed E-state index contributed by atoms with van der Waals surface area (Å²) >= 11 is 0. The Morgan fingerprint density at radius 3 is 2.19 bits per heavy atom. The Morgan fingerprint density at radius 2 is 1.88 bits per heavy atom. The van der Waals surface area contributed by atoms with Crippen LogP contribution in [0.1, 0.15) is 40.5 Å². The van der Waals surface area contributed by atoms with Crippen LogP contribution in [0.4, 0.5) is 0 Å². The molecular formula is C11H22N2O3. The molecule has 1 amide bonds. The molecule has 4 N–H and O–H groups in total. The molecule has 0 spiro atoms. The van der Waals surface area contributed by atoms with Gasteiger partial charge in [0, 0.05) is 12.0 Å². The maximum Gasteiger partial charge on any atom is 0.326 e. The second kappa shape index (κ2) is 5.84. The molecule has 5 nitrogen and oxygen atoms in total. The maximum atomic E-state index is 11.5. The average molecular weight is 230 g/mol. The fraction of sp³-hybridized carbons (Fsp3) is 0.818. The third-order valence-corrected chi connectivity index (χ3v) is 2.25. The van der Waals surface area contributed by atoms with Crippen molar-refractivity contribution in [1.82, 2.24) is 5.32 Å². The SMILES string of the molecule is CC(C)[C@@H](NC(=O)CCC(C)(C)N)C(=O)O. The average Bonchev–Trinajstić information content (AvgIpc) is 2.08.